The van der Waals surface area contributed by atoms with Crippen LogP contribution in [0.1, 0.15) is 20.8 Å². The average molecular weight is 216 g/mol. The molecule has 1 N–H and O–H groups in total. The molecule has 0 saturated carbocycles. The molecule has 14 heavy (non-hydrogen) atoms. The average Bonchev–Trinajstić information content (AvgIpc) is 2.18. The number of thioether (sulfide) groups is 1. The van der Waals surface area contributed by atoms with E-state index < -0.39 is 0 Å². The molecular weight excluding hydrogens is 192 g/mol. The highest BCUT2D eigenvalue weighted by molar-refractivity contribution is 7.98. The molecule has 3 heteroatoms. The molecule has 1 rings (SSSR count). The predicted octanol–water partition coefficient (Wildman–Crippen LogP) is 1.67. The maximum absolute atomic E-state index is 3.49. The fourth-order valence-electron chi connectivity index (χ4n) is 2.24. The van der Waals surface area contributed by atoms with E-state index in [4.69, 9.17) is 0 Å². The van der Waals surface area contributed by atoms with E-state index in [2.05, 4.69) is 37.2 Å². The zero-order valence-electron chi connectivity index (χ0n) is 9.92. The Morgan fingerprint density at radius 1 is 1.43 bits per heavy atom. The number of piperazine rings is 1. The van der Waals surface area contributed by atoms with Crippen LogP contribution in [0.25, 0.3) is 0 Å². The zero-order chi connectivity index (χ0) is 10.6. The molecule has 1 heterocycles. The summed E-state index contributed by atoms with van der Waals surface area (Å²) in [6.07, 6.45) is 2.20. The first kappa shape index (κ1) is 12.3. The molecule has 2 nitrogen and oxygen atoms in total. The van der Waals surface area contributed by atoms with Crippen LogP contribution in [0.4, 0.5) is 0 Å². The Hall–Kier alpha value is 0.270. The second-order valence-electron chi connectivity index (χ2n) is 4.56. The summed E-state index contributed by atoms with van der Waals surface area (Å²) in [5.41, 5.74) is 0. The number of nitrogens with one attached hydrogen (secondary N) is 1. The van der Waals surface area contributed by atoms with Gasteiger partial charge in [0.25, 0.3) is 0 Å². The van der Waals surface area contributed by atoms with Gasteiger partial charge in [-0.1, -0.05) is 13.8 Å². The fraction of sp³-hybridized carbons (Fsp3) is 1.00. The van der Waals surface area contributed by atoms with Gasteiger partial charge >= 0.3 is 0 Å². The van der Waals surface area contributed by atoms with Crippen LogP contribution in [0.2, 0.25) is 0 Å². The van der Waals surface area contributed by atoms with Crippen LogP contribution in [0.15, 0.2) is 0 Å². The number of hydrogen-bond donors (Lipinski definition) is 1. The van der Waals surface area contributed by atoms with Crippen molar-refractivity contribution in [2.24, 2.45) is 5.92 Å². The summed E-state index contributed by atoms with van der Waals surface area (Å²) >= 11 is 1.96. The quantitative estimate of drug-likeness (QED) is 0.769. The maximum atomic E-state index is 3.49. The highest BCUT2D eigenvalue weighted by atomic mass is 32.2. The number of nitrogens with zero attached hydrogens (tertiary/aromatic N) is 1. The van der Waals surface area contributed by atoms with Gasteiger partial charge in [-0.15, -0.1) is 0 Å². The van der Waals surface area contributed by atoms with Crippen molar-refractivity contribution in [3.8, 4) is 0 Å². The fourth-order valence-corrected chi connectivity index (χ4v) is 2.92. The molecule has 0 aromatic rings. The third-order valence-corrected chi connectivity index (χ3v) is 3.89. The monoisotopic (exact) mass is 216 g/mol. The lowest BCUT2D eigenvalue weighted by molar-refractivity contribution is 0.0943. The van der Waals surface area contributed by atoms with Gasteiger partial charge < -0.3 is 5.32 Å². The minimum absolute atomic E-state index is 0.722. The van der Waals surface area contributed by atoms with Crippen molar-refractivity contribution in [3.05, 3.63) is 0 Å². The Morgan fingerprint density at radius 3 is 2.71 bits per heavy atom. The molecule has 0 aliphatic carbocycles. The molecule has 0 bridgehead atoms. The van der Waals surface area contributed by atoms with E-state index >= 15 is 0 Å². The van der Waals surface area contributed by atoms with E-state index in [1.54, 1.807) is 0 Å². The Balaban J connectivity index is 2.53. The molecule has 2 unspecified atom stereocenters. The summed E-state index contributed by atoms with van der Waals surface area (Å²) < 4.78 is 0. The molecule has 1 fully saturated rings. The van der Waals surface area contributed by atoms with Crippen LogP contribution < -0.4 is 5.32 Å². The zero-order valence-corrected chi connectivity index (χ0v) is 10.7. The van der Waals surface area contributed by atoms with E-state index in [1.807, 2.05) is 11.8 Å². The first-order valence-corrected chi connectivity index (χ1v) is 7.01. The van der Waals surface area contributed by atoms with Crippen LogP contribution in [0.3, 0.4) is 0 Å². The van der Waals surface area contributed by atoms with E-state index in [0.717, 1.165) is 31.1 Å². The van der Waals surface area contributed by atoms with Crippen molar-refractivity contribution in [3.63, 3.8) is 0 Å². The largest absolute Gasteiger partial charge is 0.314 e. The smallest absolute Gasteiger partial charge is 0.0247 e. The molecule has 84 valence electrons. The van der Waals surface area contributed by atoms with Gasteiger partial charge in [0, 0.05) is 37.5 Å². The van der Waals surface area contributed by atoms with Gasteiger partial charge in [0.15, 0.2) is 0 Å². The summed E-state index contributed by atoms with van der Waals surface area (Å²) in [6, 6.07) is 1.45. The van der Waals surface area contributed by atoms with Gasteiger partial charge in [0.05, 0.1) is 0 Å². The topological polar surface area (TPSA) is 15.3 Å². The summed E-state index contributed by atoms with van der Waals surface area (Å²) in [6.45, 7) is 10.5. The number of hydrogen-bond acceptors (Lipinski definition) is 3. The van der Waals surface area contributed by atoms with Crippen LogP contribution in [-0.4, -0.2) is 48.6 Å². The summed E-state index contributed by atoms with van der Waals surface area (Å²) in [5.74, 6) is 2.01. The lowest BCUT2D eigenvalue weighted by atomic mass is 9.99. The van der Waals surface area contributed by atoms with Crippen molar-refractivity contribution in [1.82, 2.24) is 10.2 Å². The molecular formula is C11H24N2S. The van der Waals surface area contributed by atoms with Crippen molar-refractivity contribution in [2.45, 2.75) is 32.9 Å². The normalized spacial score (nSPS) is 26.8. The highest BCUT2D eigenvalue weighted by Gasteiger charge is 2.27. The van der Waals surface area contributed by atoms with Crippen LogP contribution in [0.5, 0.6) is 0 Å². The molecule has 1 saturated heterocycles. The van der Waals surface area contributed by atoms with Gasteiger partial charge in [-0.2, -0.15) is 11.8 Å². The Morgan fingerprint density at radius 2 is 2.14 bits per heavy atom. The Labute approximate surface area is 92.8 Å². The van der Waals surface area contributed by atoms with Gasteiger partial charge in [0.1, 0.15) is 0 Å². The lowest BCUT2D eigenvalue weighted by Crippen LogP contribution is -2.57. The van der Waals surface area contributed by atoms with Crippen molar-refractivity contribution in [2.75, 3.05) is 31.6 Å². The first-order valence-electron chi connectivity index (χ1n) is 5.62. The van der Waals surface area contributed by atoms with Crippen molar-refractivity contribution >= 4 is 11.8 Å². The third-order valence-electron chi connectivity index (χ3n) is 3.07. The predicted molar refractivity (Wildman–Crippen MR) is 66.0 cm³/mol. The Kier molecular flexibility index (Phi) is 5.28. The molecule has 0 amide bonds. The third kappa shape index (κ3) is 3.14. The van der Waals surface area contributed by atoms with Gasteiger partial charge in [0.2, 0.25) is 0 Å². The van der Waals surface area contributed by atoms with Crippen LogP contribution >= 0.6 is 11.8 Å². The van der Waals surface area contributed by atoms with Gasteiger partial charge in [-0.3, -0.25) is 4.90 Å². The summed E-state index contributed by atoms with van der Waals surface area (Å²) in [7, 11) is 0. The molecule has 0 aromatic heterocycles. The van der Waals surface area contributed by atoms with Crippen LogP contribution in [-0.2, 0) is 0 Å². The lowest BCUT2D eigenvalue weighted by Gasteiger charge is -2.42. The van der Waals surface area contributed by atoms with E-state index in [-0.39, 0.29) is 0 Å². The maximum Gasteiger partial charge on any atom is 0.0247 e. The standard InChI is InChI=1S/C11H24N2S/c1-9(2)11-7-12-5-6-13(11)10(3)8-14-4/h9-12H,5-8H2,1-4H3. The first-order chi connectivity index (χ1) is 6.66. The second kappa shape index (κ2) is 5.99. The SMILES string of the molecule is CSCC(C)N1CCNCC1C(C)C. The summed E-state index contributed by atoms with van der Waals surface area (Å²) in [4.78, 5) is 2.68. The molecule has 0 radical (unpaired) electrons. The van der Waals surface area contributed by atoms with Crippen molar-refractivity contribution in [1.29, 1.82) is 0 Å². The minimum Gasteiger partial charge on any atom is -0.314 e. The van der Waals surface area contributed by atoms with E-state index in [1.165, 1.54) is 12.3 Å². The number of rotatable bonds is 4. The Bertz CT molecular complexity index is 161. The molecule has 2 atom stereocenters. The van der Waals surface area contributed by atoms with Gasteiger partial charge in [-0.05, 0) is 19.1 Å². The molecule has 1 aliphatic rings. The minimum atomic E-state index is 0.722. The van der Waals surface area contributed by atoms with E-state index in [9.17, 15) is 0 Å². The van der Waals surface area contributed by atoms with E-state index in [0.29, 0.717) is 0 Å². The molecule has 0 spiro atoms. The second-order valence-corrected chi connectivity index (χ2v) is 5.47. The molecule has 0 aromatic carbocycles. The van der Waals surface area contributed by atoms with Crippen molar-refractivity contribution < 1.29 is 0 Å². The van der Waals surface area contributed by atoms with Gasteiger partial charge in [-0.25, -0.2) is 0 Å². The highest BCUT2D eigenvalue weighted by Crippen LogP contribution is 2.17. The molecule has 1 aliphatic heterocycles. The summed E-state index contributed by atoms with van der Waals surface area (Å²) in [5, 5.41) is 3.49. The van der Waals surface area contributed by atoms with Crippen LogP contribution in [0, 0.1) is 5.92 Å².